The molecule has 0 amide bonds. The Kier molecular flexibility index (Phi) is 3.59. The molecule has 1 unspecified atom stereocenters. The molecule has 0 radical (unpaired) electrons. The topological polar surface area (TPSA) is 25.2 Å². The van der Waals surface area contributed by atoms with Gasteiger partial charge < -0.3 is 9.73 Å². The summed E-state index contributed by atoms with van der Waals surface area (Å²) in [6, 6.07) is 10.4. The van der Waals surface area contributed by atoms with Crippen LogP contribution in [-0.4, -0.2) is 7.05 Å². The smallest absolute Gasteiger partial charge is 0.134 e. The quantitative estimate of drug-likeness (QED) is 0.869. The Hall–Kier alpha value is -1.61. The van der Waals surface area contributed by atoms with Crippen LogP contribution in [-0.2, 0) is 0 Å². The molecule has 2 aromatic rings. The Morgan fingerprint density at radius 1 is 1.18 bits per heavy atom. The van der Waals surface area contributed by atoms with E-state index in [1.807, 2.05) is 19.2 Å². The Morgan fingerprint density at radius 2 is 1.88 bits per heavy atom. The van der Waals surface area contributed by atoms with E-state index in [-0.39, 0.29) is 11.9 Å². The molecular weight excluding hydrogens is 217 g/mol. The lowest BCUT2D eigenvalue weighted by atomic mass is 10.1. The molecule has 3 heteroatoms. The van der Waals surface area contributed by atoms with Crippen molar-refractivity contribution in [1.29, 1.82) is 0 Å². The standard InChI is InChI=1S/C14H16FNO/c1-3-12(16-2)14-9-8-13(17-14)10-4-6-11(15)7-5-10/h4-9,12,16H,3H2,1-2H3. The summed E-state index contributed by atoms with van der Waals surface area (Å²) >= 11 is 0. The van der Waals surface area contributed by atoms with Gasteiger partial charge in [-0.3, -0.25) is 0 Å². The summed E-state index contributed by atoms with van der Waals surface area (Å²) in [6.45, 7) is 2.10. The van der Waals surface area contributed by atoms with Crippen LogP contribution >= 0.6 is 0 Å². The normalized spacial score (nSPS) is 12.6. The summed E-state index contributed by atoms with van der Waals surface area (Å²) < 4.78 is 18.6. The minimum absolute atomic E-state index is 0.226. The van der Waals surface area contributed by atoms with Crippen molar-refractivity contribution in [2.45, 2.75) is 19.4 Å². The van der Waals surface area contributed by atoms with Crippen molar-refractivity contribution in [2.75, 3.05) is 7.05 Å². The lowest BCUT2D eigenvalue weighted by molar-refractivity contribution is 0.431. The van der Waals surface area contributed by atoms with Gasteiger partial charge in [-0.2, -0.15) is 0 Å². The first kappa shape index (κ1) is 11.9. The molecule has 2 rings (SSSR count). The second-order valence-corrected chi connectivity index (χ2v) is 3.96. The van der Waals surface area contributed by atoms with Crippen LogP contribution in [0.15, 0.2) is 40.8 Å². The van der Waals surface area contributed by atoms with Gasteiger partial charge in [0.2, 0.25) is 0 Å². The first-order chi connectivity index (χ1) is 8.24. The molecule has 1 atom stereocenters. The van der Waals surface area contributed by atoms with E-state index >= 15 is 0 Å². The predicted molar refractivity (Wildman–Crippen MR) is 66.2 cm³/mol. The maximum absolute atomic E-state index is 12.8. The van der Waals surface area contributed by atoms with Crippen LogP contribution in [0.3, 0.4) is 0 Å². The molecule has 0 aliphatic heterocycles. The van der Waals surface area contributed by atoms with Crippen molar-refractivity contribution in [2.24, 2.45) is 0 Å². The second kappa shape index (κ2) is 5.15. The fourth-order valence-electron chi connectivity index (χ4n) is 1.86. The van der Waals surface area contributed by atoms with Crippen molar-refractivity contribution >= 4 is 0 Å². The number of hydrogen-bond acceptors (Lipinski definition) is 2. The van der Waals surface area contributed by atoms with E-state index in [1.54, 1.807) is 12.1 Å². The summed E-state index contributed by atoms with van der Waals surface area (Å²) in [7, 11) is 1.91. The van der Waals surface area contributed by atoms with E-state index in [0.717, 1.165) is 23.5 Å². The molecule has 17 heavy (non-hydrogen) atoms. The van der Waals surface area contributed by atoms with E-state index in [9.17, 15) is 4.39 Å². The van der Waals surface area contributed by atoms with E-state index in [1.165, 1.54) is 12.1 Å². The number of hydrogen-bond donors (Lipinski definition) is 1. The van der Waals surface area contributed by atoms with Gasteiger partial charge in [-0.1, -0.05) is 6.92 Å². The molecule has 0 saturated heterocycles. The van der Waals surface area contributed by atoms with Crippen LogP contribution in [0, 0.1) is 5.82 Å². The van der Waals surface area contributed by atoms with E-state index in [2.05, 4.69) is 12.2 Å². The molecule has 2 nitrogen and oxygen atoms in total. The van der Waals surface area contributed by atoms with E-state index < -0.39 is 0 Å². The summed E-state index contributed by atoms with van der Waals surface area (Å²) in [4.78, 5) is 0. The molecule has 0 aliphatic rings. The first-order valence-electron chi connectivity index (χ1n) is 5.77. The molecule has 0 bridgehead atoms. The van der Waals surface area contributed by atoms with Crippen LogP contribution < -0.4 is 5.32 Å². The zero-order chi connectivity index (χ0) is 12.3. The number of benzene rings is 1. The second-order valence-electron chi connectivity index (χ2n) is 3.96. The highest BCUT2D eigenvalue weighted by molar-refractivity contribution is 5.57. The Balaban J connectivity index is 2.26. The zero-order valence-corrected chi connectivity index (χ0v) is 10.0. The monoisotopic (exact) mass is 233 g/mol. The van der Waals surface area contributed by atoms with Gasteiger partial charge in [0.05, 0.1) is 6.04 Å². The molecule has 1 heterocycles. The third-order valence-electron chi connectivity index (χ3n) is 2.86. The van der Waals surface area contributed by atoms with Gasteiger partial charge in [0.25, 0.3) is 0 Å². The van der Waals surface area contributed by atoms with Crippen LogP contribution in [0.1, 0.15) is 25.1 Å². The van der Waals surface area contributed by atoms with Crippen LogP contribution in [0.2, 0.25) is 0 Å². The number of furan rings is 1. The Bertz CT molecular complexity index is 471. The zero-order valence-electron chi connectivity index (χ0n) is 10.0. The third kappa shape index (κ3) is 2.56. The molecule has 1 N–H and O–H groups in total. The van der Waals surface area contributed by atoms with Crippen molar-refractivity contribution in [1.82, 2.24) is 5.32 Å². The predicted octanol–water partition coefficient (Wildman–Crippen LogP) is 3.76. The van der Waals surface area contributed by atoms with Crippen molar-refractivity contribution in [3.8, 4) is 11.3 Å². The maximum Gasteiger partial charge on any atom is 0.134 e. The van der Waals surface area contributed by atoms with Gasteiger partial charge in [0, 0.05) is 5.56 Å². The molecule has 90 valence electrons. The lowest BCUT2D eigenvalue weighted by Gasteiger charge is -2.09. The van der Waals surface area contributed by atoms with Gasteiger partial charge in [0.1, 0.15) is 17.3 Å². The molecular formula is C14H16FNO. The number of halogens is 1. The van der Waals surface area contributed by atoms with E-state index in [0.29, 0.717) is 0 Å². The van der Waals surface area contributed by atoms with Crippen LogP contribution in [0.25, 0.3) is 11.3 Å². The summed E-state index contributed by atoms with van der Waals surface area (Å²) in [5.74, 6) is 1.45. The van der Waals surface area contributed by atoms with Gasteiger partial charge in [0.15, 0.2) is 0 Å². The average molecular weight is 233 g/mol. The maximum atomic E-state index is 12.8. The molecule has 1 aromatic carbocycles. The van der Waals surface area contributed by atoms with Crippen molar-refractivity contribution in [3.05, 3.63) is 48.0 Å². The highest BCUT2D eigenvalue weighted by Crippen LogP contribution is 2.26. The van der Waals surface area contributed by atoms with Crippen molar-refractivity contribution in [3.63, 3.8) is 0 Å². The highest BCUT2D eigenvalue weighted by atomic mass is 19.1. The first-order valence-corrected chi connectivity index (χ1v) is 5.77. The average Bonchev–Trinajstić information content (AvgIpc) is 2.81. The summed E-state index contributed by atoms with van der Waals surface area (Å²) in [5.41, 5.74) is 0.892. The largest absolute Gasteiger partial charge is 0.459 e. The van der Waals surface area contributed by atoms with Gasteiger partial charge >= 0.3 is 0 Å². The fourth-order valence-corrected chi connectivity index (χ4v) is 1.86. The van der Waals surface area contributed by atoms with Gasteiger partial charge in [-0.15, -0.1) is 0 Å². The Labute approximate surface area is 100 Å². The molecule has 0 spiro atoms. The molecule has 1 aromatic heterocycles. The summed E-state index contributed by atoms with van der Waals surface area (Å²) in [5, 5.41) is 3.19. The van der Waals surface area contributed by atoms with Crippen LogP contribution in [0.5, 0.6) is 0 Å². The lowest BCUT2D eigenvalue weighted by Crippen LogP contribution is -2.14. The minimum atomic E-state index is -0.234. The molecule has 0 saturated carbocycles. The fraction of sp³-hybridized carbons (Fsp3) is 0.286. The van der Waals surface area contributed by atoms with Gasteiger partial charge in [-0.05, 0) is 49.9 Å². The minimum Gasteiger partial charge on any atom is -0.459 e. The number of nitrogens with one attached hydrogen (secondary N) is 1. The van der Waals surface area contributed by atoms with Crippen molar-refractivity contribution < 1.29 is 8.81 Å². The number of rotatable bonds is 4. The Morgan fingerprint density at radius 3 is 2.47 bits per heavy atom. The van der Waals surface area contributed by atoms with E-state index in [4.69, 9.17) is 4.42 Å². The summed E-state index contributed by atoms with van der Waals surface area (Å²) in [6.07, 6.45) is 0.965. The third-order valence-corrected chi connectivity index (χ3v) is 2.86. The molecule has 0 aliphatic carbocycles. The van der Waals surface area contributed by atoms with Crippen LogP contribution in [0.4, 0.5) is 4.39 Å². The highest BCUT2D eigenvalue weighted by Gasteiger charge is 2.12. The van der Waals surface area contributed by atoms with Gasteiger partial charge in [-0.25, -0.2) is 4.39 Å². The molecule has 0 fully saturated rings. The SMILES string of the molecule is CCC(NC)c1ccc(-c2ccc(F)cc2)o1.